The highest BCUT2D eigenvalue weighted by Gasteiger charge is 2.13. The summed E-state index contributed by atoms with van der Waals surface area (Å²) in [5, 5.41) is 0. The highest BCUT2D eigenvalue weighted by molar-refractivity contribution is 5.85. The SMILES string of the molecule is Cc1ccc(-c2[nH]c(-c3ccccc3)cc2-c2ccccc2)cc1. The zero-order valence-corrected chi connectivity index (χ0v) is 13.7. The van der Waals surface area contributed by atoms with Gasteiger partial charge in [0.2, 0.25) is 0 Å². The fourth-order valence-electron chi connectivity index (χ4n) is 3.02. The summed E-state index contributed by atoms with van der Waals surface area (Å²) < 4.78 is 0. The second kappa shape index (κ2) is 6.21. The lowest BCUT2D eigenvalue weighted by Gasteiger charge is -2.05. The van der Waals surface area contributed by atoms with Crippen molar-refractivity contribution < 1.29 is 0 Å². The van der Waals surface area contributed by atoms with Crippen LogP contribution in [0.2, 0.25) is 0 Å². The number of hydrogen-bond donors (Lipinski definition) is 1. The molecule has 0 aliphatic heterocycles. The molecule has 0 atom stereocenters. The Morgan fingerprint density at radius 2 is 1.17 bits per heavy atom. The molecule has 1 nitrogen and oxygen atoms in total. The van der Waals surface area contributed by atoms with Crippen molar-refractivity contribution in [3.05, 3.63) is 96.6 Å². The van der Waals surface area contributed by atoms with Crippen LogP contribution in [0.5, 0.6) is 0 Å². The maximum Gasteiger partial charge on any atom is 0.0538 e. The molecule has 24 heavy (non-hydrogen) atoms. The Labute approximate surface area is 142 Å². The molecule has 116 valence electrons. The molecule has 1 N–H and O–H groups in total. The van der Waals surface area contributed by atoms with Gasteiger partial charge in [0.15, 0.2) is 0 Å². The molecule has 0 radical (unpaired) electrons. The Bertz CT molecular complexity index is 933. The van der Waals surface area contributed by atoms with Crippen LogP contribution in [0, 0.1) is 6.92 Å². The highest BCUT2D eigenvalue weighted by Crippen LogP contribution is 2.35. The molecule has 0 unspecified atom stereocenters. The molecule has 0 fully saturated rings. The second-order valence-corrected chi connectivity index (χ2v) is 6.07. The fraction of sp³-hybridized carbons (Fsp3) is 0.0435. The molecule has 0 aliphatic carbocycles. The van der Waals surface area contributed by atoms with Crippen molar-refractivity contribution in [1.82, 2.24) is 4.98 Å². The van der Waals surface area contributed by atoms with E-state index in [9.17, 15) is 0 Å². The Hall–Kier alpha value is -3.06. The summed E-state index contributed by atoms with van der Waals surface area (Å²) in [5.74, 6) is 0. The highest BCUT2D eigenvalue weighted by atomic mass is 14.7. The minimum Gasteiger partial charge on any atom is -0.354 e. The molecule has 3 aromatic carbocycles. The largest absolute Gasteiger partial charge is 0.354 e. The van der Waals surface area contributed by atoms with Gasteiger partial charge in [0.25, 0.3) is 0 Å². The summed E-state index contributed by atoms with van der Waals surface area (Å²) in [5.41, 5.74) is 8.46. The van der Waals surface area contributed by atoms with Crippen LogP contribution in [0.15, 0.2) is 91.0 Å². The zero-order chi connectivity index (χ0) is 16.4. The molecule has 0 saturated heterocycles. The number of H-pyrrole nitrogens is 1. The monoisotopic (exact) mass is 309 g/mol. The summed E-state index contributed by atoms with van der Waals surface area (Å²) >= 11 is 0. The first-order valence-electron chi connectivity index (χ1n) is 8.22. The van der Waals surface area contributed by atoms with Crippen molar-refractivity contribution in [3.8, 4) is 33.6 Å². The van der Waals surface area contributed by atoms with Crippen molar-refractivity contribution >= 4 is 0 Å². The maximum absolute atomic E-state index is 3.63. The number of aromatic nitrogens is 1. The smallest absolute Gasteiger partial charge is 0.0538 e. The van der Waals surface area contributed by atoms with Gasteiger partial charge in [-0.05, 0) is 29.7 Å². The van der Waals surface area contributed by atoms with E-state index in [1.165, 1.54) is 33.5 Å². The van der Waals surface area contributed by atoms with Crippen molar-refractivity contribution in [2.75, 3.05) is 0 Å². The van der Waals surface area contributed by atoms with Gasteiger partial charge < -0.3 is 4.98 Å². The minimum absolute atomic E-state index is 1.14. The van der Waals surface area contributed by atoms with E-state index in [0.29, 0.717) is 0 Å². The summed E-state index contributed by atoms with van der Waals surface area (Å²) in [6.45, 7) is 2.12. The van der Waals surface area contributed by atoms with Gasteiger partial charge in [0, 0.05) is 11.3 Å². The molecule has 0 aliphatic rings. The predicted octanol–water partition coefficient (Wildman–Crippen LogP) is 6.32. The summed E-state index contributed by atoms with van der Waals surface area (Å²) in [6, 6.07) is 32.0. The molecule has 0 saturated carbocycles. The van der Waals surface area contributed by atoms with Crippen molar-refractivity contribution in [2.45, 2.75) is 6.92 Å². The summed E-state index contributed by atoms with van der Waals surface area (Å²) in [6.07, 6.45) is 0. The van der Waals surface area contributed by atoms with Crippen LogP contribution in [0.25, 0.3) is 33.6 Å². The van der Waals surface area contributed by atoms with E-state index in [1.54, 1.807) is 0 Å². The topological polar surface area (TPSA) is 15.8 Å². The number of nitrogens with one attached hydrogen (secondary N) is 1. The van der Waals surface area contributed by atoms with E-state index in [4.69, 9.17) is 0 Å². The molecule has 0 amide bonds. The van der Waals surface area contributed by atoms with Crippen LogP contribution in [0.3, 0.4) is 0 Å². The Kier molecular flexibility index (Phi) is 3.76. The summed E-state index contributed by atoms with van der Waals surface area (Å²) in [7, 11) is 0. The van der Waals surface area contributed by atoms with Gasteiger partial charge in [-0.15, -0.1) is 0 Å². The molecule has 0 bridgehead atoms. The van der Waals surface area contributed by atoms with Crippen LogP contribution in [0.4, 0.5) is 0 Å². The first kappa shape index (κ1) is 14.5. The first-order valence-corrected chi connectivity index (χ1v) is 8.22. The predicted molar refractivity (Wildman–Crippen MR) is 102 cm³/mol. The third kappa shape index (κ3) is 2.77. The quantitative estimate of drug-likeness (QED) is 0.455. The molecule has 4 rings (SSSR count). The van der Waals surface area contributed by atoms with E-state index < -0.39 is 0 Å². The second-order valence-electron chi connectivity index (χ2n) is 6.07. The van der Waals surface area contributed by atoms with Crippen LogP contribution in [-0.4, -0.2) is 4.98 Å². The zero-order valence-electron chi connectivity index (χ0n) is 13.7. The van der Waals surface area contributed by atoms with Crippen LogP contribution < -0.4 is 0 Å². The lowest BCUT2D eigenvalue weighted by Crippen LogP contribution is -1.83. The van der Waals surface area contributed by atoms with Crippen LogP contribution in [-0.2, 0) is 0 Å². The molecular weight excluding hydrogens is 290 g/mol. The molecule has 1 heteroatoms. The van der Waals surface area contributed by atoms with Crippen molar-refractivity contribution in [1.29, 1.82) is 0 Å². The normalized spacial score (nSPS) is 10.7. The van der Waals surface area contributed by atoms with Gasteiger partial charge in [-0.3, -0.25) is 0 Å². The van der Waals surface area contributed by atoms with Crippen molar-refractivity contribution in [2.24, 2.45) is 0 Å². The van der Waals surface area contributed by atoms with Crippen LogP contribution in [0.1, 0.15) is 5.56 Å². The third-order valence-corrected chi connectivity index (χ3v) is 4.33. The average molecular weight is 309 g/mol. The number of benzene rings is 3. The Morgan fingerprint density at radius 1 is 0.583 bits per heavy atom. The number of aryl methyl sites for hydroxylation is 1. The Balaban J connectivity index is 1.90. The minimum atomic E-state index is 1.14. The van der Waals surface area contributed by atoms with Crippen molar-refractivity contribution in [3.63, 3.8) is 0 Å². The average Bonchev–Trinajstić information content (AvgIpc) is 3.09. The third-order valence-electron chi connectivity index (χ3n) is 4.33. The standard InChI is InChI=1S/C23H19N/c1-17-12-14-20(15-13-17)23-21(18-8-4-2-5-9-18)16-22(24-23)19-10-6-3-7-11-19/h2-16,24H,1H3. The fourth-order valence-corrected chi connectivity index (χ4v) is 3.02. The van der Waals surface area contributed by atoms with Gasteiger partial charge in [0.1, 0.15) is 0 Å². The maximum atomic E-state index is 3.63. The number of hydrogen-bond acceptors (Lipinski definition) is 0. The van der Waals surface area contributed by atoms with E-state index in [-0.39, 0.29) is 0 Å². The number of rotatable bonds is 3. The van der Waals surface area contributed by atoms with E-state index in [0.717, 1.165) is 5.69 Å². The number of aromatic amines is 1. The molecule has 1 heterocycles. The molecule has 1 aromatic heterocycles. The van der Waals surface area contributed by atoms with Gasteiger partial charge in [-0.2, -0.15) is 0 Å². The first-order chi connectivity index (χ1) is 11.8. The van der Waals surface area contributed by atoms with E-state index in [1.807, 2.05) is 6.07 Å². The lowest BCUT2D eigenvalue weighted by molar-refractivity contribution is 1.38. The van der Waals surface area contributed by atoms with Gasteiger partial charge in [0.05, 0.1) is 5.69 Å². The lowest BCUT2D eigenvalue weighted by atomic mass is 10.0. The van der Waals surface area contributed by atoms with E-state index in [2.05, 4.69) is 96.8 Å². The van der Waals surface area contributed by atoms with Gasteiger partial charge >= 0.3 is 0 Å². The van der Waals surface area contributed by atoms with Gasteiger partial charge in [-0.25, -0.2) is 0 Å². The summed E-state index contributed by atoms with van der Waals surface area (Å²) in [4.78, 5) is 3.63. The molecule has 4 aromatic rings. The van der Waals surface area contributed by atoms with Gasteiger partial charge in [-0.1, -0.05) is 90.5 Å². The molecular formula is C23H19N. The van der Waals surface area contributed by atoms with E-state index >= 15 is 0 Å². The Morgan fingerprint density at radius 3 is 1.79 bits per heavy atom. The van der Waals surface area contributed by atoms with Crippen LogP contribution >= 0.6 is 0 Å². The molecule has 0 spiro atoms.